The lowest BCUT2D eigenvalue weighted by molar-refractivity contribution is -0.124. The summed E-state index contributed by atoms with van der Waals surface area (Å²) in [4.78, 5) is 25.1. The average molecular weight is 397 g/mol. The van der Waals surface area contributed by atoms with E-state index in [-0.39, 0.29) is 33.8 Å². The van der Waals surface area contributed by atoms with Gasteiger partial charge in [0.15, 0.2) is 9.84 Å². The normalized spacial score (nSPS) is 21.8. The Morgan fingerprint density at radius 2 is 2.04 bits per heavy atom. The Balaban J connectivity index is 1.70. The highest BCUT2D eigenvalue weighted by atomic mass is 32.2. The Hall–Kier alpha value is -1.54. The molecule has 2 aliphatic rings. The minimum Gasteiger partial charge on any atom is -0.353 e. The van der Waals surface area contributed by atoms with Crippen molar-refractivity contribution in [3.05, 3.63) is 18.2 Å². The number of carbonyl (C=O) groups is 2. The number of nitrogens with one attached hydrogen (secondary N) is 2. The van der Waals surface area contributed by atoms with Crippen molar-refractivity contribution < 1.29 is 18.0 Å². The summed E-state index contributed by atoms with van der Waals surface area (Å²) in [5.41, 5.74) is 0.516. The molecule has 2 N–H and O–H groups in total. The number of fused-ring (bicyclic) bond motifs is 1. The molecule has 1 aromatic rings. The number of sulfone groups is 1. The summed E-state index contributed by atoms with van der Waals surface area (Å²) in [6, 6.07) is 4.92. The zero-order chi connectivity index (χ0) is 18.9. The second-order valence-electron chi connectivity index (χ2n) is 7.08. The van der Waals surface area contributed by atoms with Crippen molar-refractivity contribution in [2.75, 3.05) is 11.1 Å². The smallest absolute Gasteiger partial charge is 0.237 e. The van der Waals surface area contributed by atoms with E-state index in [1.165, 1.54) is 17.8 Å². The number of hydrogen-bond acceptors (Lipinski definition) is 5. The maximum atomic E-state index is 12.7. The summed E-state index contributed by atoms with van der Waals surface area (Å²) in [5.74, 6) is -1.22. The molecule has 0 unspecified atom stereocenters. The van der Waals surface area contributed by atoms with Gasteiger partial charge in [-0.1, -0.05) is 19.8 Å². The first kappa shape index (κ1) is 19.2. The SMILES string of the molecule is C[C@@H](CS(=O)(=O)c1ccc2c(c1)NC(=O)[C@@H](C)S2)C(=O)NC1CCCC1. The maximum Gasteiger partial charge on any atom is 0.237 e. The monoisotopic (exact) mass is 396 g/mol. The van der Waals surface area contributed by atoms with Gasteiger partial charge in [0.05, 0.1) is 21.6 Å². The van der Waals surface area contributed by atoms with Crippen molar-refractivity contribution in [2.45, 2.75) is 60.6 Å². The van der Waals surface area contributed by atoms with Crippen LogP contribution in [-0.2, 0) is 19.4 Å². The standard InChI is InChI=1S/C18H24N2O4S2/c1-11(17(21)19-13-5-3-4-6-13)10-26(23,24)14-7-8-16-15(9-14)20-18(22)12(2)25-16/h7-9,11-13H,3-6,10H2,1-2H3,(H,19,21)(H,20,22)/t11-,12+/m0/s1. The van der Waals surface area contributed by atoms with Gasteiger partial charge >= 0.3 is 0 Å². The summed E-state index contributed by atoms with van der Waals surface area (Å²) in [6.07, 6.45) is 4.14. The maximum absolute atomic E-state index is 12.7. The van der Waals surface area contributed by atoms with Crippen LogP contribution in [0.3, 0.4) is 0 Å². The highest BCUT2D eigenvalue weighted by Gasteiger charge is 2.28. The van der Waals surface area contributed by atoms with E-state index in [1.807, 2.05) is 0 Å². The van der Waals surface area contributed by atoms with Gasteiger partial charge < -0.3 is 10.6 Å². The molecular formula is C18H24N2O4S2. The van der Waals surface area contributed by atoms with Crippen LogP contribution in [0.15, 0.2) is 28.0 Å². The number of benzene rings is 1. The third-order valence-electron chi connectivity index (χ3n) is 4.86. The first-order valence-electron chi connectivity index (χ1n) is 8.91. The van der Waals surface area contributed by atoms with E-state index >= 15 is 0 Å². The van der Waals surface area contributed by atoms with E-state index < -0.39 is 15.8 Å². The van der Waals surface area contributed by atoms with Crippen molar-refractivity contribution in [1.82, 2.24) is 5.32 Å². The van der Waals surface area contributed by atoms with Gasteiger partial charge in [-0.2, -0.15) is 0 Å². The van der Waals surface area contributed by atoms with Gasteiger partial charge in [-0.05, 0) is 38.0 Å². The Kier molecular flexibility index (Phi) is 5.62. The first-order chi connectivity index (χ1) is 12.3. The number of anilines is 1. The van der Waals surface area contributed by atoms with E-state index in [1.54, 1.807) is 26.0 Å². The molecule has 6 nitrogen and oxygen atoms in total. The fourth-order valence-corrected chi connectivity index (χ4v) is 5.80. The van der Waals surface area contributed by atoms with E-state index in [2.05, 4.69) is 10.6 Å². The topological polar surface area (TPSA) is 92.3 Å². The van der Waals surface area contributed by atoms with Gasteiger partial charge in [0.25, 0.3) is 0 Å². The Morgan fingerprint density at radius 1 is 1.35 bits per heavy atom. The molecule has 1 saturated carbocycles. The summed E-state index contributed by atoms with van der Waals surface area (Å²) < 4.78 is 25.4. The Labute approximate surface area is 158 Å². The van der Waals surface area contributed by atoms with E-state index in [0.29, 0.717) is 5.69 Å². The number of carbonyl (C=O) groups excluding carboxylic acids is 2. The average Bonchev–Trinajstić information content (AvgIpc) is 3.08. The molecule has 8 heteroatoms. The minimum absolute atomic E-state index is 0.132. The van der Waals surface area contributed by atoms with E-state index in [0.717, 1.165) is 30.6 Å². The Bertz CT molecular complexity index is 816. The summed E-state index contributed by atoms with van der Waals surface area (Å²) >= 11 is 1.40. The molecule has 1 aliphatic carbocycles. The highest BCUT2D eigenvalue weighted by molar-refractivity contribution is 8.01. The highest BCUT2D eigenvalue weighted by Crippen LogP contribution is 2.37. The third-order valence-corrected chi connectivity index (χ3v) is 7.95. The molecule has 0 saturated heterocycles. The predicted molar refractivity (Wildman–Crippen MR) is 102 cm³/mol. The quantitative estimate of drug-likeness (QED) is 0.798. The molecule has 1 aliphatic heterocycles. The van der Waals surface area contributed by atoms with Crippen molar-refractivity contribution in [2.24, 2.45) is 5.92 Å². The molecule has 142 valence electrons. The zero-order valence-electron chi connectivity index (χ0n) is 14.9. The van der Waals surface area contributed by atoms with Crippen molar-refractivity contribution >= 4 is 39.1 Å². The molecule has 0 spiro atoms. The van der Waals surface area contributed by atoms with Crippen LogP contribution in [0.25, 0.3) is 0 Å². The number of hydrogen-bond donors (Lipinski definition) is 2. The third kappa shape index (κ3) is 4.23. The predicted octanol–water partition coefficient (Wildman–Crippen LogP) is 2.59. The number of amides is 2. The molecule has 0 radical (unpaired) electrons. The molecule has 0 bridgehead atoms. The first-order valence-corrected chi connectivity index (χ1v) is 11.4. The molecule has 2 atom stereocenters. The van der Waals surface area contributed by atoms with Crippen LogP contribution in [0, 0.1) is 5.92 Å². The van der Waals surface area contributed by atoms with Gasteiger partial charge in [0.1, 0.15) is 0 Å². The minimum atomic E-state index is -3.62. The lowest BCUT2D eigenvalue weighted by Gasteiger charge is -2.22. The number of rotatable bonds is 5. The lowest BCUT2D eigenvalue weighted by Crippen LogP contribution is -2.38. The summed E-state index contributed by atoms with van der Waals surface area (Å²) in [5, 5.41) is 5.49. The summed E-state index contributed by atoms with van der Waals surface area (Å²) in [7, 11) is -3.62. The molecule has 1 aromatic carbocycles. The molecule has 1 fully saturated rings. The lowest BCUT2D eigenvalue weighted by atomic mass is 10.1. The molecule has 3 rings (SSSR count). The molecule has 1 heterocycles. The molecule has 26 heavy (non-hydrogen) atoms. The van der Waals surface area contributed by atoms with Crippen LogP contribution >= 0.6 is 11.8 Å². The van der Waals surface area contributed by atoms with Crippen molar-refractivity contribution in [3.8, 4) is 0 Å². The second kappa shape index (κ2) is 7.60. The van der Waals surface area contributed by atoms with Gasteiger partial charge in [0.2, 0.25) is 11.8 Å². The molecule has 0 aromatic heterocycles. The fourth-order valence-electron chi connectivity index (χ4n) is 3.30. The molecular weight excluding hydrogens is 372 g/mol. The van der Waals surface area contributed by atoms with Gasteiger partial charge in [0, 0.05) is 16.9 Å². The van der Waals surface area contributed by atoms with Crippen molar-refractivity contribution in [3.63, 3.8) is 0 Å². The van der Waals surface area contributed by atoms with Crippen LogP contribution in [0.5, 0.6) is 0 Å². The van der Waals surface area contributed by atoms with E-state index in [9.17, 15) is 18.0 Å². The van der Waals surface area contributed by atoms with Crippen LogP contribution < -0.4 is 10.6 Å². The summed E-state index contributed by atoms with van der Waals surface area (Å²) in [6.45, 7) is 3.44. The van der Waals surface area contributed by atoms with Gasteiger partial charge in [-0.3, -0.25) is 9.59 Å². The number of thioether (sulfide) groups is 1. The Morgan fingerprint density at radius 3 is 2.73 bits per heavy atom. The van der Waals surface area contributed by atoms with Crippen molar-refractivity contribution in [1.29, 1.82) is 0 Å². The second-order valence-corrected chi connectivity index (χ2v) is 10.5. The van der Waals surface area contributed by atoms with Gasteiger partial charge in [-0.25, -0.2) is 8.42 Å². The van der Waals surface area contributed by atoms with E-state index in [4.69, 9.17) is 0 Å². The zero-order valence-corrected chi connectivity index (χ0v) is 16.6. The fraction of sp³-hybridized carbons (Fsp3) is 0.556. The largest absolute Gasteiger partial charge is 0.353 e. The van der Waals surface area contributed by atoms with Crippen LogP contribution in [-0.4, -0.2) is 37.3 Å². The van der Waals surface area contributed by atoms with Crippen LogP contribution in [0.2, 0.25) is 0 Å². The molecule has 2 amide bonds. The van der Waals surface area contributed by atoms with Crippen LogP contribution in [0.4, 0.5) is 5.69 Å². The van der Waals surface area contributed by atoms with Crippen LogP contribution in [0.1, 0.15) is 39.5 Å². The van der Waals surface area contributed by atoms with Gasteiger partial charge in [-0.15, -0.1) is 11.8 Å².